The fourth-order valence-electron chi connectivity index (χ4n) is 1.76. The van der Waals surface area contributed by atoms with Crippen LogP contribution in [0.1, 0.15) is 18.9 Å². The van der Waals surface area contributed by atoms with Gasteiger partial charge in [-0.05, 0) is 43.6 Å². The number of thioether (sulfide) groups is 1. The highest BCUT2D eigenvalue weighted by Crippen LogP contribution is 2.23. The minimum atomic E-state index is -0.834. The van der Waals surface area contributed by atoms with Gasteiger partial charge in [0.1, 0.15) is 11.8 Å². The molecule has 0 amide bonds. The molecule has 0 aliphatic rings. The summed E-state index contributed by atoms with van der Waals surface area (Å²) in [6, 6.07) is 4.81. The second-order valence-corrected chi connectivity index (χ2v) is 5.66. The van der Waals surface area contributed by atoms with E-state index in [2.05, 4.69) is 5.32 Å². The number of carbonyl (C=O) groups is 1. The lowest BCUT2D eigenvalue weighted by Gasteiger charge is -2.16. The van der Waals surface area contributed by atoms with Crippen LogP contribution in [0.5, 0.6) is 5.75 Å². The molecule has 0 saturated heterocycles. The van der Waals surface area contributed by atoms with E-state index in [9.17, 15) is 9.90 Å². The number of halogens is 1. The molecule has 20 heavy (non-hydrogen) atoms. The summed E-state index contributed by atoms with van der Waals surface area (Å²) in [4.78, 5) is 11.2. The molecule has 112 valence electrons. The van der Waals surface area contributed by atoms with E-state index in [1.807, 2.05) is 13.2 Å². The van der Waals surface area contributed by atoms with E-state index < -0.39 is 12.0 Å². The number of carboxylic acid groups (broad SMARTS) is 1. The maximum Gasteiger partial charge on any atom is 0.320 e. The number of aliphatic carboxylic acids is 1. The van der Waals surface area contributed by atoms with Crippen LogP contribution in [0, 0.1) is 0 Å². The Morgan fingerprint density at radius 3 is 2.90 bits per heavy atom. The first-order chi connectivity index (χ1) is 9.58. The van der Waals surface area contributed by atoms with Crippen LogP contribution in [0.3, 0.4) is 0 Å². The number of ether oxygens (including phenoxy) is 1. The summed E-state index contributed by atoms with van der Waals surface area (Å²) in [5.74, 6) is 0.704. The van der Waals surface area contributed by atoms with E-state index in [0.29, 0.717) is 24.6 Å². The van der Waals surface area contributed by atoms with E-state index in [-0.39, 0.29) is 0 Å². The van der Waals surface area contributed by atoms with E-state index in [0.717, 1.165) is 17.1 Å². The van der Waals surface area contributed by atoms with Crippen LogP contribution in [0.15, 0.2) is 18.2 Å². The predicted molar refractivity (Wildman–Crippen MR) is 83.9 cm³/mol. The summed E-state index contributed by atoms with van der Waals surface area (Å²) in [5.41, 5.74) is 0.870. The summed E-state index contributed by atoms with van der Waals surface area (Å²) in [5, 5.41) is 12.8. The third-order valence-electron chi connectivity index (χ3n) is 2.77. The van der Waals surface area contributed by atoms with Crippen LogP contribution in [-0.4, -0.2) is 35.7 Å². The molecule has 1 unspecified atom stereocenters. The second-order valence-electron chi connectivity index (χ2n) is 4.24. The van der Waals surface area contributed by atoms with Crippen LogP contribution in [0.4, 0.5) is 0 Å². The first kappa shape index (κ1) is 17.1. The van der Waals surface area contributed by atoms with Gasteiger partial charge in [0.25, 0.3) is 0 Å². The zero-order chi connectivity index (χ0) is 15.0. The van der Waals surface area contributed by atoms with Gasteiger partial charge in [-0.3, -0.25) is 4.79 Å². The van der Waals surface area contributed by atoms with Crippen molar-refractivity contribution in [3.05, 3.63) is 28.8 Å². The molecule has 0 heterocycles. The fraction of sp³-hybridized carbons (Fsp3) is 0.500. The van der Waals surface area contributed by atoms with E-state index in [1.165, 1.54) is 0 Å². The molecule has 6 heteroatoms. The number of hydrogen-bond acceptors (Lipinski definition) is 4. The molecule has 0 saturated carbocycles. The Morgan fingerprint density at radius 2 is 2.30 bits per heavy atom. The average molecular weight is 318 g/mol. The molecule has 0 aromatic heterocycles. The molecule has 1 atom stereocenters. The molecule has 1 aromatic carbocycles. The first-order valence-corrected chi connectivity index (χ1v) is 8.22. The Morgan fingerprint density at radius 1 is 1.55 bits per heavy atom. The third-order valence-corrected chi connectivity index (χ3v) is 3.65. The van der Waals surface area contributed by atoms with Crippen molar-refractivity contribution >= 4 is 29.3 Å². The number of hydrogen-bond donors (Lipinski definition) is 2. The van der Waals surface area contributed by atoms with E-state index in [4.69, 9.17) is 16.3 Å². The molecule has 0 fully saturated rings. The zero-order valence-electron chi connectivity index (χ0n) is 11.7. The van der Waals surface area contributed by atoms with Gasteiger partial charge >= 0.3 is 5.97 Å². The molecule has 0 bridgehead atoms. The van der Waals surface area contributed by atoms with E-state index >= 15 is 0 Å². The Balaban J connectivity index is 2.70. The number of benzene rings is 1. The molecule has 0 aliphatic carbocycles. The van der Waals surface area contributed by atoms with Crippen LogP contribution in [0.2, 0.25) is 5.02 Å². The topological polar surface area (TPSA) is 58.6 Å². The number of nitrogens with one attached hydrogen (secondary N) is 1. The Hall–Kier alpha value is -0.910. The summed E-state index contributed by atoms with van der Waals surface area (Å²) in [6.45, 7) is 2.88. The molecule has 4 nitrogen and oxygen atoms in total. The van der Waals surface area contributed by atoms with Crippen molar-refractivity contribution in [1.82, 2.24) is 5.32 Å². The minimum absolute atomic E-state index is 0.418. The van der Waals surface area contributed by atoms with Crippen LogP contribution >= 0.6 is 23.4 Å². The molecular weight excluding hydrogens is 298 g/mol. The van der Waals surface area contributed by atoms with Gasteiger partial charge in [0.05, 0.1) is 6.61 Å². The van der Waals surface area contributed by atoms with Crippen molar-refractivity contribution in [2.45, 2.75) is 25.9 Å². The molecule has 1 rings (SSSR count). The SMILES string of the molecule is CCOc1ccc(Cl)cc1CNC(CCSC)C(=O)O. The molecular formula is C14H20ClNO3S. The van der Waals surface area contributed by atoms with Gasteiger partial charge < -0.3 is 15.2 Å². The van der Waals surface area contributed by atoms with Gasteiger partial charge in [0, 0.05) is 17.1 Å². The second kappa shape index (κ2) is 9.10. The van der Waals surface area contributed by atoms with Gasteiger partial charge in [-0.2, -0.15) is 11.8 Å². The highest BCUT2D eigenvalue weighted by Gasteiger charge is 2.17. The number of carboxylic acids is 1. The van der Waals surface area contributed by atoms with Crippen molar-refractivity contribution in [2.24, 2.45) is 0 Å². The fourth-order valence-corrected chi connectivity index (χ4v) is 2.43. The lowest BCUT2D eigenvalue weighted by atomic mass is 10.1. The smallest absolute Gasteiger partial charge is 0.320 e. The predicted octanol–water partition coefficient (Wildman–Crippen LogP) is 3.03. The summed E-state index contributed by atoms with van der Waals surface area (Å²) < 4.78 is 5.52. The Bertz CT molecular complexity index is 442. The maximum absolute atomic E-state index is 11.2. The zero-order valence-corrected chi connectivity index (χ0v) is 13.3. The summed E-state index contributed by atoms with van der Waals surface area (Å²) in [7, 11) is 0. The lowest BCUT2D eigenvalue weighted by Crippen LogP contribution is -2.36. The lowest BCUT2D eigenvalue weighted by molar-refractivity contribution is -0.139. The summed E-state index contributed by atoms with van der Waals surface area (Å²) in [6.07, 6.45) is 2.55. The Kier molecular flexibility index (Phi) is 7.80. The normalized spacial score (nSPS) is 12.2. The summed E-state index contributed by atoms with van der Waals surface area (Å²) >= 11 is 7.61. The molecule has 0 spiro atoms. The third kappa shape index (κ3) is 5.61. The minimum Gasteiger partial charge on any atom is -0.494 e. The van der Waals surface area contributed by atoms with Gasteiger partial charge in [0.2, 0.25) is 0 Å². The van der Waals surface area contributed by atoms with Crippen LogP contribution in [0.25, 0.3) is 0 Å². The highest BCUT2D eigenvalue weighted by molar-refractivity contribution is 7.98. The monoisotopic (exact) mass is 317 g/mol. The van der Waals surface area contributed by atoms with Crippen molar-refractivity contribution in [3.8, 4) is 5.75 Å². The standard InChI is InChI=1S/C14H20ClNO3S/c1-3-19-13-5-4-11(15)8-10(13)9-16-12(14(17)18)6-7-20-2/h4-5,8,12,16H,3,6-7,9H2,1-2H3,(H,17,18). The quantitative estimate of drug-likeness (QED) is 0.733. The largest absolute Gasteiger partial charge is 0.494 e. The van der Waals surface area contributed by atoms with Gasteiger partial charge in [-0.25, -0.2) is 0 Å². The average Bonchev–Trinajstić information content (AvgIpc) is 2.41. The van der Waals surface area contributed by atoms with Gasteiger partial charge in [-0.15, -0.1) is 0 Å². The van der Waals surface area contributed by atoms with Crippen molar-refractivity contribution < 1.29 is 14.6 Å². The van der Waals surface area contributed by atoms with E-state index in [1.54, 1.807) is 30.0 Å². The Labute approximate surface area is 128 Å². The molecule has 1 aromatic rings. The maximum atomic E-state index is 11.2. The van der Waals surface area contributed by atoms with Gasteiger partial charge in [0.15, 0.2) is 0 Å². The first-order valence-electron chi connectivity index (χ1n) is 6.44. The van der Waals surface area contributed by atoms with Crippen LogP contribution in [-0.2, 0) is 11.3 Å². The molecule has 0 radical (unpaired) electrons. The highest BCUT2D eigenvalue weighted by atomic mass is 35.5. The van der Waals surface area contributed by atoms with Crippen LogP contribution < -0.4 is 10.1 Å². The van der Waals surface area contributed by atoms with Gasteiger partial charge in [-0.1, -0.05) is 11.6 Å². The molecule has 0 aliphatic heterocycles. The van der Waals surface area contributed by atoms with Crippen molar-refractivity contribution in [3.63, 3.8) is 0 Å². The van der Waals surface area contributed by atoms with Crippen molar-refractivity contribution in [1.29, 1.82) is 0 Å². The molecule has 2 N–H and O–H groups in total. The number of rotatable bonds is 9. The van der Waals surface area contributed by atoms with Crippen molar-refractivity contribution in [2.75, 3.05) is 18.6 Å².